The predicted molar refractivity (Wildman–Crippen MR) is 153 cm³/mol. The Bertz CT molecular complexity index is 1340. The zero-order valence-corrected chi connectivity index (χ0v) is 23.3. The molecule has 3 aromatic rings. The molecular formula is C32H38F2N4O2. The fourth-order valence-electron chi connectivity index (χ4n) is 6.44. The zero-order valence-electron chi connectivity index (χ0n) is 23.3. The van der Waals surface area contributed by atoms with E-state index in [1.165, 1.54) is 43.3 Å². The number of hydrogen-bond donors (Lipinski definition) is 1. The minimum Gasteiger partial charge on any atom is -0.496 e. The molecule has 40 heavy (non-hydrogen) atoms. The van der Waals surface area contributed by atoms with Crippen LogP contribution < -0.4 is 15.0 Å². The number of benzene rings is 1. The van der Waals surface area contributed by atoms with Crippen molar-refractivity contribution in [3.8, 4) is 5.75 Å². The van der Waals surface area contributed by atoms with E-state index >= 15 is 0 Å². The first-order valence-corrected chi connectivity index (χ1v) is 14.7. The van der Waals surface area contributed by atoms with Gasteiger partial charge in [0.25, 0.3) is 0 Å². The molecule has 1 aliphatic carbocycles. The Balaban J connectivity index is 1.21. The normalized spacial score (nSPS) is 18.1. The number of fused-ring (bicyclic) bond motifs is 2. The molecule has 1 aromatic heterocycles. The van der Waals surface area contributed by atoms with Gasteiger partial charge >= 0.3 is 0 Å². The molecule has 8 heteroatoms. The number of rotatable bonds is 9. The average Bonchev–Trinajstić information content (AvgIpc) is 3.50. The van der Waals surface area contributed by atoms with E-state index in [4.69, 9.17) is 14.5 Å². The summed E-state index contributed by atoms with van der Waals surface area (Å²) in [5, 5.41) is 4.93. The Hall–Kier alpha value is -3.15. The molecule has 2 saturated heterocycles. The SMILES string of the molecule is COc1cc2c(NC3CCN(c4cc#cc(F)c4F)CC3)c3c(nc2cc1COCCN1CCCC1)CCCC3. The monoisotopic (exact) mass is 548 g/mol. The molecule has 6 rings (SSSR count). The van der Waals surface area contributed by atoms with Crippen LogP contribution in [0.4, 0.5) is 20.2 Å². The highest BCUT2D eigenvalue weighted by Crippen LogP contribution is 2.38. The first-order chi connectivity index (χ1) is 19.6. The number of hydrogen-bond acceptors (Lipinski definition) is 6. The van der Waals surface area contributed by atoms with Gasteiger partial charge in [0.1, 0.15) is 5.75 Å². The molecule has 6 nitrogen and oxygen atoms in total. The first-order valence-electron chi connectivity index (χ1n) is 14.7. The molecule has 0 bridgehead atoms. The number of nitrogens with one attached hydrogen (secondary N) is 1. The van der Waals surface area contributed by atoms with Crippen molar-refractivity contribution < 1.29 is 18.3 Å². The third kappa shape index (κ3) is 5.68. The topological polar surface area (TPSA) is 49.9 Å². The summed E-state index contributed by atoms with van der Waals surface area (Å²) in [7, 11) is 1.71. The second-order valence-corrected chi connectivity index (χ2v) is 11.2. The summed E-state index contributed by atoms with van der Waals surface area (Å²) in [5.41, 5.74) is 5.88. The van der Waals surface area contributed by atoms with Crippen LogP contribution in [0.2, 0.25) is 0 Å². The molecule has 0 unspecified atom stereocenters. The van der Waals surface area contributed by atoms with Gasteiger partial charge in [0.2, 0.25) is 5.82 Å². The predicted octanol–water partition coefficient (Wildman–Crippen LogP) is 5.69. The van der Waals surface area contributed by atoms with Crippen molar-refractivity contribution in [2.24, 2.45) is 0 Å². The van der Waals surface area contributed by atoms with Crippen LogP contribution in [0.15, 0.2) is 18.2 Å². The van der Waals surface area contributed by atoms with Gasteiger partial charge in [0.15, 0.2) is 5.82 Å². The molecule has 0 radical (unpaired) electrons. The van der Waals surface area contributed by atoms with Crippen LogP contribution in [-0.4, -0.2) is 62.4 Å². The summed E-state index contributed by atoms with van der Waals surface area (Å²) in [5.74, 6) is -1.00. The fourth-order valence-corrected chi connectivity index (χ4v) is 6.44. The highest BCUT2D eigenvalue weighted by molar-refractivity contribution is 5.95. The smallest absolute Gasteiger partial charge is 0.211 e. The van der Waals surface area contributed by atoms with Crippen LogP contribution in [0.5, 0.6) is 5.75 Å². The Morgan fingerprint density at radius 3 is 2.65 bits per heavy atom. The van der Waals surface area contributed by atoms with E-state index in [1.807, 2.05) is 4.90 Å². The molecule has 1 N–H and O–H groups in total. The molecule has 0 atom stereocenters. The van der Waals surface area contributed by atoms with E-state index in [9.17, 15) is 8.78 Å². The number of halogens is 2. The molecule has 2 aliphatic heterocycles. The third-order valence-electron chi connectivity index (χ3n) is 8.66. The minimum absolute atomic E-state index is 0.222. The van der Waals surface area contributed by atoms with Gasteiger partial charge in [-0.25, -0.2) is 4.39 Å². The number of anilines is 2. The summed E-state index contributed by atoms with van der Waals surface area (Å²) < 4.78 is 40.0. The Kier molecular flexibility index (Phi) is 8.22. The van der Waals surface area contributed by atoms with Crippen molar-refractivity contribution in [1.82, 2.24) is 9.88 Å². The lowest BCUT2D eigenvalue weighted by atomic mass is 9.91. The van der Waals surface area contributed by atoms with Crippen LogP contribution in [0.25, 0.3) is 10.9 Å². The summed E-state index contributed by atoms with van der Waals surface area (Å²) in [6.07, 6.45) is 8.50. The molecule has 0 spiro atoms. The zero-order chi connectivity index (χ0) is 27.5. The largest absolute Gasteiger partial charge is 0.496 e. The van der Waals surface area contributed by atoms with E-state index in [1.54, 1.807) is 7.11 Å². The summed E-state index contributed by atoms with van der Waals surface area (Å²) in [6.45, 7) is 5.80. The molecule has 3 aliphatic rings. The maximum Gasteiger partial charge on any atom is 0.211 e. The summed E-state index contributed by atoms with van der Waals surface area (Å²) in [6, 6.07) is 10.7. The lowest BCUT2D eigenvalue weighted by Gasteiger charge is -2.35. The van der Waals surface area contributed by atoms with E-state index in [0.29, 0.717) is 26.3 Å². The van der Waals surface area contributed by atoms with E-state index in [-0.39, 0.29) is 11.7 Å². The van der Waals surface area contributed by atoms with Gasteiger partial charge in [-0.3, -0.25) is 4.98 Å². The third-order valence-corrected chi connectivity index (χ3v) is 8.66. The van der Waals surface area contributed by atoms with Crippen molar-refractivity contribution in [1.29, 1.82) is 0 Å². The molecule has 0 amide bonds. The van der Waals surface area contributed by atoms with Crippen molar-refractivity contribution in [3.05, 3.63) is 58.8 Å². The van der Waals surface area contributed by atoms with E-state index in [0.717, 1.165) is 73.0 Å². The van der Waals surface area contributed by atoms with Gasteiger partial charge in [-0.05, 0) is 88.2 Å². The highest BCUT2D eigenvalue weighted by Gasteiger charge is 2.26. The lowest BCUT2D eigenvalue weighted by molar-refractivity contribution is 0.0979. The molecule has 2 fully saturated rings. The van der Waals surface area contributed by atoms with Gasteiger partial charge in [-0.2, -0.15) is 4.39 Å². The fraction of sp³-hybridized carbons (Fsp3) is 0.531. The van der Waals surface area contributed by atoms with Crippen LogP contribution in [0, 0.1) is 23.8 Å². The van der Waals surface area contributed by atoms with E-state index < -0.39 is 11.6 Å². The number of methoxy groups -OCH3 is 1. The maximum atomic E-state index is 14.4. The quantitative estimate of drug-likeness (QED) is 0.347. The second kappa shape index (κ2) is 12.2. The minimum atomic E-state index is -0.974. The maximum absolute atomic E-state index is 14.4. The van der Waals surface area contributed by atoms with Gasteiger partial charge in [0, 0.05) is 54.1 Å². The van der Waals surface area contributed by atoms with Gasteiger partial charge in [-0.1, -0.05) is 6.07 Å². The molecule has 3 heterocycles. The van der Waals surface area contributed by atoms with Gasteiger partial charge in [0.05, 0.1) is 31.5 Å². The number of nitrogens with zero attached hydrogens (tertiary/aromatic N) is 3. The lowest BCUT2D eigenvalue weighted by Crippen LogP contribution is -2.39. The number of aromatic nitrogens is 1. The Morgan fingerprint density at radius 1 is 1.05 bits per heavy atom. The second-order valence-electron chi connectivity index (χ2n) is 11.2. The van der Waals surface area contributed by atoms with Crippen LogP contribution >= 0.6 is 0 Å². The van der Waals surface area contributed by atoms with Crippen molar-refractivity contribution in [3.63, 3.8) is 0 Å². The van der Waals surface area contributed by atoms with Crippen LogP contribution in [0.3, 0.4) is 0 Å². The number of pyridine rings is 1. The van der Waals surface area contributed by atoms with Crippen molar-refractivity contribution in [2.45, 2.75) is 64.0 Å². The highest BCUT2D eigenvalue weighted by atomic mass is 19.2. The molecule has 0 saturated carbocycles. The first kappa shape index (κ1) is 27.0. The van der Waals surface area contributed by atoms with Crippen molar-refractivity contribution in [2.75, 3.05) is 56.7 Å². The molecule has 2 aromatic carbocycles. The number of piperidine rings is 1. The average molecular weight is 549 g/mol. The molecular weight excluding hydrogens is 510 g/mol. The van der Waals surface area contributed by atoms with Gasteiger partial charge in [-0.15, -0.1) is 0 Å². The Morgan fingerprint density at radius 2 is 1.85 bits per heavy atom. The standard InChI is InChI=1S/C32H38F2N4O2/c1-39-30-20-25-28(19-22(30)21-40-18-17-37-13-4-5-14-37)36-27-9-3-2-7-24(27)32(25)35-23-11-15-38(16-12-23)29-10-6-8-26(33)31(29)34/h10,19-20,23H,2-5,7,9,11-18,21H2,1H3,(H,35,36). The summed E-state index contributed by atoms with van der Waals surface area (Å²) >= 11 is 0. The summed E-state index contributed by atoms with van der Waals surface area (Å²) in [4.78, 5) is 9.48. The van der Waals surface area contributed by atoms with Crippen LogP contribution in [0.1, 0.15) is 55.3 Å². The van der Waals surface area contributed by atoms with E-state index in [2.05, 4.69) is 34.5 Å². The van der Waals surface area contributed by atoms with Crippen molar-refractivity contribution >= 4 is 22.3 Å². The number of likely N-dealkylation sites (tertiary alicyclic amines) is 1. The van der Waals surface area contributed by atoms with Crippen LogP contribution in [-0.2, 0) is 24.2 Å². The Labute approximate surface area is 235 Å². The number of aryl methyl sites for hydroxylation is 1. The van der Waals surface area contributed by atoms with Gasteiger partial charge < -0.3 is 24.6 Å². The molecule has 212 valence electrons. The number of ether oxygens (including phenoxy) is 2.